The second kappa shape index (κ2) is 7.21. The van der Waals surface area contributed by atoms with Crippen LogP contribution in [0, 0.1) is 17.0 Å². The number of rotatable bonds is 6. The van der Waals surface area contributed by atoms with Crippen LogP contribution in [0.1, 0.15) is 5.56 Å². The lowest BCUT2D eigenvalue weighted by Crippen LogP contribution is -2.20. The number of carbonyl (C=O) groups excluding carboxylic acids is 1. The summed E-state index contributed by atoms with van der Waals surface area (Å²) < 4.78 is 10.4. The third-order valence-electron chi connectivity index (χ3n) is 2.96. The molecular formula is C15H15N3O5. The van der Waals surface area contributed by atoms with Crippen LogP contribution in [-0.4, -0.2) is 29.5 Å². The lowest BCUT2D eigenvalue weighted by Gasteiger charge is -2.08. The zero-order chi connectivity index (χ0) is 16.8. The smallest absolute Gasteiger partial charge is 0.290 e. The highest BCUT2D eigenvalue weighted by molar-refractivity contribution is 5.91. The van der Waals surface area contributed by atoms with Gasteiger partial charge in [0.15, 0.2) is 6.61 Å². The maximum absolute atomic E-state index is 11.8. The SMILES string of the molecule is COc1cccc(OCC(=O)Nc2cc(C)c([N+](=O)[O-])cn2)c1. The van der Waals surface area contributed by atoms with Crippen LogP contribution < -0.4 is 14.8 Å². The Kier molecular flexibility index (Phi) is 5.08. The summed E-state index contributed by atoms with van der Waals surface area (Å²) in [7, 11) is 1.54. The topological polar surface area (TPSA) is 104 Å². The maximum atomic E-state index is 11.8. The molecule has 0 unspecified atom stereocenters. The average Bonchev–Trinajstić information content (AvgIpc) is 2.53. The number of hydrogen-bond donors (Lipinski definition) is 1. The summed E-state index contributed by atoms with van der Waals surface area (Å²) in [5, 5.41) is 13.2. The van der Waals surface area contributed by atoms with Crippen molar-refractivity contribution in [1.82, 2.24) is 4.98 Å². The number of anilines is 1. The van der Waals surface area contributed by atoms with Crippen LogP contribution in [0.15, 0.2) is 36.5 Å². The Morgan fingerprint density at radius 3 is 2.74 bits per heavy atom. The highest BCUT2D eigenvalue weighted by atomic mass is 16.6. The molecule has 0 atom stereocenters. The molecule has 23 heavy (non-hydrogen) atoms. The largest absolute Gasteiger partial charge is 0.497 e. The minimum Gasteiger partial charge on any atom is -0.497 e. The summed E-state index contributed by atoms with van der Waals surface area (Å²) >= 11 is 0. The van der Waals surface area contributed by atoms with Crippen LogP contribution in [0.5, 0.6) is 11.5 Å². The van der Waals surface area contributed by atoms with Gasteiger partial charge >= 0.3 is 0 Å². The van der Waals surface area contributed by atoms with Gasteiger partial charge in [0, 0.05) is 11.6 Å². The Hall–Kier alpha value is -3.16. The van der Waals surface area contributed by atoms with Crippen molar-refractivity contribution >= 4 is 17.4 Å². The molecule has 2 aromatic rings. The Morgan fingerprint density at radius 2 is 2.09 bits per heavy atom. The highest BCUT2D eigenvalue weighted by Gasteiger charge is 2.13. The molecule has 1 aromatic heterocycles. The molecule has 8 heteroatoms. The summed E-state index contributed by atoms with van der Waals surface area (Å²) in [4.78, 5) is 25.9. The van der Waals surface area contributed by atoms with Gasteiger partial charge in [-0.25, -0.2) is 4.98 Å². The molecule has 0 aliphatic heterocycles. The van der Waals surface area contributed by atoms with Crippen LogP contribution in [-0.2, 0) is 4.79 Å². The van der Waals surface area contributed by atoms with E-state index in [1.807, 2.05) is 0 Å². The molecule has 1 N–H and O–H groups in total. The summed E-state index contributed by atoms with van der Waals surface area (Å²) in [5.41, 5.74) is 0.310. The van der Waals surface area contributed by atoms with Crippen molar-refractivity contribution < 1.29 is 19.2 Å². The second-order valence-electron chi connectivity index (χ2n) is 4.63. The van der Waals surface area contributed by atoms with Crippen LogP contribution in [0.2, 0.25) is 0 Å². The number of aromatic nitrogens is 1. The van der Waals surface area contributed by atoms with E-state index in [-0.39, 0.29) is 18.1 Å². The molecule has 8 nitrogen and oxygen atoms in total. The van der Waals surface area contributed by atoms with Gasteiger partial charge in [-0.15, -0.1) is 0 Å². The van der Waals surface area contributed by atoms with Crippen molar-refractivity contribution in [1.29, 1.82) is 0 Å². The van der Waals surface area contributed by atoms with E-state index < -0.39 is 10.8 Å². The van der Waals surface area contributed by atoms with Crippen LogP contribution >= 0.6 is 0 Å². The Labute approximate surface area is 132 Å². The number of benzene rings is 1. The fourth-order valence-electron chi connectivity index (χ4n) is 1.83. The van der Waals surface area contributed by atoms with E-state index in [4.69, 9.17) is 9.47 Å². The number of nitrogens with one attached hydrogen (secondary N) is 1. The van der Waals surface area contributed by atoms with Gasteiger partial charge in [-0.3, -0.25) is 14.9 Å². The zero-order valence-electron chi connectivity index (χ0n) is 12.6. The van der Waals surface area contributed by atoms with Crippen molar-refractivity contribution in [3.8, 4) is 11.5 Å². The number of methoxy groups -OCH3 is 1. The van der Waals surface area contributed by atoms with Gasteiger partial charge in [0.2, 0.25) is 0 Å². The van der Waals surface area contributed by atoms with Crippen molar-refractivity contribution in [3.05, 3.63) is 52.2 Å². The van der Waals surface area contributed by atoms with Crippen molar-refractivity contribution in [2.75, 3.05) is 19.0 Å². The second-order valence-corrected chi connectivity index (χ2v) is 4.63. The highest BCUT2D eigenvalue weighted by Crippen LogP contribution is 2.20. The van der Waals surface area contributed by atoms with E-state index in [9.17, 15) is 14.9 Å². The minimum absolute atomic E-state index is 0.101. The first-order valence-electron chi connectivity index (χ1n) is 6.67. The van der Waals surface area contributed by atoms with Gasteiger partial charge in [-0.2, -0.15) is 0 Å². The van der Waals surface area contributed by atoms with E-state index in [0.717, 1.165) is 6.20 Å². The molecule has 0 aliphatic rings. The molecule has 1 amide bonds. The molecule has 0 radical (unpaired) electrons. The molecule has 0 fully saturated rings. The van der Waals surface area contributed by atoms with E-state index >= 15 is 0 Å². The van der Waals surface area contributed by atoms with Crippen LogP contribution in [0.3, 0.4) is 0 Å². The molecule has 0 aliphatic carbocycles. The Balaban J connectivity index is 1.94. The van der Waals surface area contributed by atoms with Gasteiger partial charge in [0.25, 0.3) is 11.6 Å². The monoisotopic (exact) mass is 317 g/mol. The molecule has 0 saturated carbocycles. The Bertz CT molecular complexity index is 733. The van der Waals surface area contributed by atoms with Gasteiger partial charge in [0.05, 0.1) is 12.0 Å². The first-order valence-corrected chi connectivity index (χ1v) is 6.67. The number of nitrogens with zero attached hydrogens (tertiary/aromatic N) is 2. The summed E-state index contributed by atoms with van der Waals surface area (Å²) in [6.45, 7) is 1.35. The van der Waals surface area contributed by atoms with Crippen molar-refractivity contribution in [3.63, 3.8) is 0 Å². The number of hydrogen-bond acceptors (Lipinski definition) is 6. The number of carbonyl (C=O) groups is 1. The van der Waals surface area contributed by atoms with Gasteiger partial charge < -0.3 is 14.8 Å². The third kappa shape index (κ3) is 4.40. The number of ether oxygens (including phenoxy) is 2. The molecule has 1 heterocycles. The van der Waals surface area contributed by atoms with Crippen LogP contribution in [0.4, 0.5) is 11.5 Å². The molecule has 2 rings (SSSR count). The average molecular weight is 317 g/mol. The lowest BCUT2D eigenvalue weighted by atomic mass is 10.2. The number of pyridine rings is 1. The van der Waals surface area contributed by atoms with E-state index in [0.29, 0.717) is 17.1 Å². The maximum Gasteiger partial charge on any atom is 0.290 e. The van der Waals surface area contributed by atoms with Crippen LogP contribution in [0.25, 0.3) is 0 Å². The first kappa shape index (κ1) is 16.2. The predicted molar refractivity (Wildman–Crippen MR) is 82.7 cm³/mol. The first-order chi connectivity index (χ1) is 11.0. The molecule has 120 valence electrons. The van der Waals surface area contributed by atoms with E-state index in [2.05, 4.69) is 10.3 Å². The molecule has 1 aromatic carbocycles. The summed E-state index contributed by atoms with van der Waals surface area (Å²) in [6.07, 6.45) is 1.11. The molecular weight excluding hydrogens is 302 g/mol. The lowest BCUT2D eigenvalue weighted by molar-refractivity contribution is -0.385. The van der Waals surface area contributed by atoms with Gasteiger partial charge in [0.1, 0.15) is 23.5 Å². The number of aryl methyl sites for hydroxylation is 1. The number of amides is 1. The van der Waals surface area contributed by atoms with Gasteiger partial charge in [-0.1, -0.05) is 6.07 Å². The third-order valence-corrected chi connectivity index (χ3v) is 2.96. The minimum atomic E-state index is -0.528. The molecule has 0 saturated heterocycles. The fourth-order valence-corrected chi connectivity index (χ4v) is 1.83. The summed E-state index contributed by atoms with van der Waals surface area (Å²) in [5.74, 6) is 0.920. The zero-order valence-corrected chi connectivity index (χ0v) is 12.6. The molecule has 0 bridgehead atoms. The predicted octanol–water partition coefficient (Wildman–Crippen LogP) is 2.32. The fraction of sp³-hybridized carbons (Fsp3) is 0.200. The van der Waals surface area contributed by atoms with E-state index in [1.54, 1.807) is 31.2 Å². The normalized spacial score (nSPS) is 10.0. The van der Waals surface area contributed by atoms with Crippen molar-refractivity contribution in [2.45, 2.75) is 6.92 Å². The standard InChI is InChI=1S/C15H15N3O5/c1-10-6-14(16-8-13(10)18(20)21)17-15(19)9-23-12-5-3-4-11(7-12)22-2/h3-8H,9H2,1-2H3,(H,16,17,19). The quantitative estimate of drug-likeness (QED) is 0.647. The number of nitro groups is 1. The van der Waals surface area contributed by atoms with Gasteiger partial charge in [-0.05, 0) is 25.1 Å². The summed E-state index contributed by atoms with van der Waals surface area (Å²) in [6, 6.07) is 8.29. The van der Waals surface area contributed by atoms with E-state index in [1.165, 1.54) is 13.2 Å². The molecule has 0 spiro atoms. The Morgan fingerprint density at radius 1 is 1.35 bits per heavy atom. The van der Waals surface area contributed by atoms with Crippen molar-refractivity contribution in [2.24, 2.45) is 0 Å².